The standard InChI is InChI=1S/C51H32N4S/c1-4-14-33(15-5-1)36-20-12-21-37(30-36)38-26-27-41-43-28-29-44-42-24-10-11-25-46(42)56-48(44)47(43)55(45(41)32-38)40-23-13-22-39(31-40)51-53-49(34-16-6-2-7-17-34)52-50(54-51)35-18-8-3-9-19-35/h1-32H. The van der Waals surface area contributed by atoms with Gasteiger partial charge in [-0.05, 0) is 52.6 Å². The zero-order valence-corrected chi connectivity index (χ0v) is 31.0. The normalized spacial score (nSPS) is 11.6. The van der Waals surface area contributed by atoms with E-state index in [-0.39, 0.29) is 0 Å². The van der Waals surface area contributed by atoms with Gasteiger partial charge in [0.1, 0.15) is 0 Å². The second kappa shape index (κ2) is 13.3. The van der Waals surface area contributed by atoms with Crippen molar-refractivity contribution >= 4 is 53.3 Å². The average molecular weight is 733 g/mol. The number of aromatic nitrogens is 4. The predicted molar refractivity (Wildman–Crippen MR) is 234 cm³/mol. The van der Waals surface area contributed by atoms with E-state index in [4.69, 9.17) is 15.0 Å². The molecule has 0 amide bonds. The summed E-state index contributed by atoms with van der Waals surface area (Å²) in [5, 5.41) is 4.99. The molecule has 11 rings (SSSR count). The third-order valence-corrected chi connectivity index (χ3v) is 11.8. The summed E-state index contributed by atoms with van der Waals surface area (Å²) in [5.74, 6) is 1.92. The Morgan fingerprint density at radius 2 is 0.857 bits per heavy atom. The van der Waals surface area contributed by atoms with E-state index in [0.29, 0.717) is 17.5 Å². The zero-order chi connectivity index (χ0) is 37.0. The number of fused-ring (bicyclic) bond motifs is 7. The first-order valence-electron chi connectivity index (χ1n) is 18.8. The molecule has 0 unspecified atom stereocenters. The van der Waals surface area contributed by atoms with Crippen LogP contribution in [0.15, 0.2) is 194 Å². The van der Waals surface area contributed by atoms with Gasteiger partial charge in [-0.1, -0.05) is 164 Å². The molecule has 0 radical (unpaired) electrons. The second-order valence-corrected chi connectivity index (χ2v) is 15.1. The van der Waals surface area contributed by atoms with E-state index in [1.807, 2.05) is 72.0 Å². The summed E-state index contributed by atoms with van der Waals surface area (Å²) in [7, 11) is 0. The van der Waals surface area contributed by atoms with Gasteiger partial charge in [0.05, 0.1) is 15.7 Å². The Bertz CT molecular complexity index is 3180. The molecule has 0 atom stereocenters. The lowest BCUT2D eigenvalue weighted by atomic mass is 9.98. The number of hydrogen-bond donors (Lipinski definition) is 0. The quantitative estimate of drug-likeness (QED) is 0.171. The van der Waals surface area contributed by atoms with Crippen LogP contribution in [0.4, 0.5) is 0 Å². The highest BCUT2D eigenvalue weighted by atomic mass is 32.1. The van der Waals surface area contributed by atoms with Crippen molar-refractivity contribution in [2.45, 2.75) is 0 Å². The monoisotopic (exact) mass is 732 g/mol. The van der Waals surface area contributed by atoms with E-state index >= 15 is 0 Å². The van der Waals surface area contributed by atoms with Crippen molar-refractivity contribution in [1.82, 2.24) is 19.5 Å². The van der Waals surface area contributed by atoms with Crippen molar-refractivity contribution in [3.05, 3.63) is 194 Å². The van der Waals surface area contributed by atoms with Gasteiger partial charge >= 0.3 is 0 Å². The van der Waals surface area contributed by atoms with Crippen LogP contribution >= 0.6 is 11.3 Å². The summed E-state index contributed by atoms with van der Waals surface area (Å²) in [6.45, 7) is 0. The smallest absolute Gasteiger partial charge is 0.164 e. The van der Waals surface area contributed by atoms with Crippen LogP contribution in [0.1, 0.15) is 0 Å². The van der Waals surface area contributed by atoms with Gasteiger partial charge in [-0.2, -0.15) is 0 Å². The topological polar surface area (TPSA) is 43.6 Å². The first-order valence-corrected chi connectivity index (χ1v) is 19.6. The minimum absolute atomic E-state index is 0.630. The summed E-state index contributed by atoms with van der Waals surface area (Å²) < 4.78 is 5.01. The lowest BCUT2D eigenvalue weighted by molar-refractivity contribution is 1.07. The predicted octanol–water partition coefficient (Wildman–Crippen LogP) is 13.7. The van der Waals surface area contributed by atoms with Crippen LogP contribution in [0, 0.1) is 0 Å². The number of thiophene rings is 1. The van der Waals surface area contributed by atoms with Crippen LogP contribution < -0.4 is 0 Å². The first-order chi connectivity index (χ1) is 27.7. The molecule has 0 aliphatic carbocycles. The minimum atomic E-state index is 0.630. The van der Waals surface area contributed by atoms with Gasteiger partial charge in [-0.3, -0.25) is 0 Å². The fraction of sp³-hybridized carbons (Fsp3) is 0. The molecule has 0 aliphatic rings. The molecule has 0 N–H and O–H groups in total. The summed E-state index contributed by atoms with van der Waals surface area (Å²) in [4.78, 5) is 15.1. The number of benzene rings is 8. The summed E-state index contributed by atoms with van der Waals surface area (Å²) in [6.07, 6.45) is 0. The molecule has 0 saturated carbocycles. The molecular formula is C51H32N4S. The maximum atomic E-state index is 5.08. The number of rotatable bonds is 6. The molecule has 262 valence electrons. The molecule has 0 spiro atoms. The van der Waals surface area contributed by atoms with Crippen molar-refractivity contribution in [1.29, 1.82) is 0 Å². The molecule has 0 fully saturated rings. The molecule has 5 heteroatoms. The van der Waals surface area contributed by atoms with E-state index in [2.05, 4.69) is 138 Å². The third-order valence-electron chi connectivity index (χ3n) is 10.6. The van der Waals surface area contributed by atoms with Crippen molar-refractivity contribution < 1.29 is 0 Å². The molecule has 0 saturated heterocycles. The molecule has 11 aromatic rings. The van der Waals surface area contributed by atoms with Crippen LogP contribution in [-0.2, 0) is 0 Å². The molecular weight excluding hydrogens is 701 g/mol. The molecule has 8 aromatic carbocycles. The SMILES string of the molecule is c1ccc(-c2cccc(-c3ccc4c5ccc6c7ccccc7sc6c5n(-c5cccc(-c6nc(-c7ccccc7)nc(-c7ccccc7)n6)c5)c4c3)c2)cc1. The van der Waals surface area contributed by atoms with Crippen molar-refractivity contribution in [3.8, 4) is 62.1 Å². The molecule has 3 heterocycles. The summed E-state index contributed by atoms with van der Waals surface area (Å²) in [5.41, 5.74) is 11.0. The Labute approximate surface area is 327 Å². The Morgan fingerprint density at radius 1 is 0.339 bits per heavy atom. The van der Waals surface area contributed by atoms with E-state index in [9.17, 15) is 0 Å². The molecule has 0 aliphatic heterocycles. The van der Waals surface area contributed by atoms with Gasteiger partial charge < -0.3 is 4.57 Å². The van der Waals surface area contributed by atoms with Crippen LogP contribution in [0.25, 0.3) is 104 Å². The van der Waals surface area contributed by atoms with E-state index < -0.39 is 0 Å². The Kier molecular flexibility index (Phi) is 7.64. The second-order valence-electron chi connectivity index (χ2n) is 14.0. The lowest BCUT2D eigenvalue weighted by Gasteiger charge is -2.12. The van der Waals surface area contributed by atoms with E-state index in [1.54, 1.807) is 0 Å². The third kappa shape index (κ3) is 5.48. The van der Waals surface area contributed by atoms with Crippen LogP contribution in [0.3, 0.4) is 0 Å². The molecule has 4 nitrogen and oxygen atoms in total. The molecule has 0 bridgehead atoms. The van der Waals surface area contributed by atoms with Crippen LogP contribution in [-0.4, -0.2) is 19.5 Å². The fourth-order valence-electron chi connectivity index (χ4n) is 7.96. The Hall–Kier alpha value is -7.21. The average Bonchev–Trinajstić information content (AvgIpc) is 3.83. The van der Waals surface area contributed by atoms with Gasteiger partial charge in [0, 0.05) is 48.6 Å². The summed E-state index contributed by atoms with van der Waals surface area (Å²) >= 11 is 1.86. The van der Waals surface area contributed by atoms with E-state index in [1.165, 1.54) is 58.7 Å². The lowest BCUT2D eigenvalue weighted by Crippen LogP contribution is -2.01. The van der Waals surface area contributed by atoms with Crippen LogP contribution in [0.2, 0.25) is 0 Å². The van der Waals surface area contributed by atoms with Crippen molar-refractivity contribution in [3.63, 3.8) is 0 Å². The minimum Gasteiger partial charge on any atom is -0.308 e. The van der Waals surface area contributed by atoms with Gasteiger partial charge in [-0.15, -0.1) is 11.3 Å². The van der Waals surface area contributed by atoms with Gasteiger partial charge in [-0.25, -0.2) is 15.0 Å². The fourth-order valence-corrected chi connectivity index (χ4v) is 9.20. The molecule has 56 heavy (non-hydrogen) atoms. The number of hydrogen-bond acceptors (Lipinski definition) is 4. The Morgan fingerprint density at radius 3 is 1.57 bits per heavy atom. The molecule has 3 aromatic heterocycles. The zero-order valence-electron chi connectivity index (χ0n) is 30.2. The van der Waals surface area contributed by atoms with Crippen LogP contribution in [0.5, 0.6) is 0 Å². The number of nitrogens with zero attached hydrogens (tertiary/aromatic N) is 4. The maximum Gasteiger partial charge on any atom is 0.164 e. The largest absolute Gasteiger partial charge is 0.308 e. The highest BCUT2D eigenvalue weighted by Crippen LogP contribution is 2.44. The highest BCUT2D eigenvalue weighted by molar-refractivity contribution is 7.26. The highest BCUT2D eigenvalue weighted by Gasteiger charge is 2.20. The van der Waals surface area contributed by atoms with Gasteiger partial charge in [0.15, 0.2) is 17.5 Å². The van der Waals surface area contributed by atoms with E-state index in [0.717, 1.165) is 27.9 Å². The van der Waals surface area contributed by atoms with Gasteiger partial charge in [0.2, 0.25) is 0 Å². The first kappa shape index (κ1) is 32.2. The van der Waals surface area contributed by atoms with Crippen molar-refractivity contribution in [2.24, 2.45) is 0 Å². The Balaban J connectivity index is 1.15. The van der Waals surface area contributed by atoms with Crippen molar-refractivity contribution in [2.75, 3.05) is 0 Å². The maximum absolute atomic E-state index is 5.08. The van der Waals surface area contributed by atoms with Gasteiger partial charge in [0.25, 0.3) is 0 Å². The summed E-state index contributed by atoms with van der Waals surface area (Å²) in [6, 6.07) is 68.6.